The summed E-state index contributed by atoms with van der Waals surface area (Å²) in [6, 6.07) is 14.3. The van der Waals surface area contributed by atoms with E-state index in [9.17, 15) is 9.59 Å². The van der Waals surface area contributed by atoms with Gasteiger partial charge in [-0.15, -0.1) is 0 Å². The number of aliphatic hydroxyl groups excluding tert-OH is 1. The molecule has 0 fully saturated rings. The van der Waals surface area contributed by atoms with Gasteiger partial charge in [0, 0.05) is 24.7 Å². The molecule has 0 saturated carbocycles. The highest BCUT2D eigenvalue weighted by Crippen LogP contribution is 2.27. The fourth-order valence-corrected chi connectivity index (χ4v) is 2.80. The van der Waals surface area contributed by atoms with Crippen LogP contribution in [0.4, 0.5) is 0 Å². The van der Waals surface area contributed by atoms with Crippen molar-refractivity contribution in [1.29, 1.82) is 0 Å². The fraction of sp³-hybridized carbons (Fsp3) is 0.200. The van der Waals surface area contributed by atoms with Crippen LogP contribution in [-0.2, 0) is 0 Å². The molecular formula is C20H19NO4. The molecule has 1 heterocycles. The number of para-hydroxylation sites is 1. The Morgan fingerprint density at radius 1 is 1.12 bits per heavy atom. The van der Waals surface area contributed by atoms with Crippen LogP contribution >= 0.6 is 0 Å². The highest BCUT2D eigenvalue weighted by molar-refractivity contribution is 6.05. The third kappa shape index (κ3) is 3.06. The van der Waals surface area contributed by atoms with Crippen LogP contribution in [-0.4, -0.2) is 36.1 Å². The Balaban J connectivity index is 2.26. The molecule has 0 saturated heterocycles. The Bertz CT molecular complexity index is 976. The number of aliphatic hydroxyl groups is 1. The maximum Gasteiger partial charge on any atom is 0.257 e. The van der Waals surface area contributed by atoms with E-state index in [1.807, 2.05) is 30.3 Å². The van der Waals surface area contributed by atoms with E-state index in [4.69, 9.17) is 9.52 Å². The average Bonchev–Trinajstić information content (AvgIpc) is 2.64. The Hall–Kier alpha value is -2.92. The van der Waals surface area contributed by atoms with Gasteiger partial charge >= 0.3 is 0 Å². The molecule has 25 heavy (non-hydrogen) atoms. The first-order valence-electron chi connectivity index (χ1n) is 8.02. The third-order valence-electron chi connectivity index (χ3n) is 4.19. The quantitative estimate of drug-likeness (QED) is 0.795. The normalized spacial score (nSPS) is 10.8. The van der Waals surface area contributed by atoms with Gasteiger partial charge < -0.3 is 14.4 Å². The van der Waals surface area contributed by atoms with Crippen molar-refractivity contribution in [2.75, 3.05) is 20.2 Å². The van der Waals surface area contributed by atoms with Crippen LogP contribution in [0.2, 0.25) is 0 Å². The van der Waals surface area contributed by atoms with Gasteiger partial charge in [0.05, 0.1) is 17.6 Å². The summed E-state index contributed by atoms with van der Waals surface area (Å²) in [6.07, 6.45) is 0. The molecule has 0 unspecified atom stereocenters. The molecule has 128 valence electrons. The van der Waals surface area contributed by atoms with Crippen LogP contribution in [0.1, 0.15) is 15.9 Å². The minimum Gasteiger partial charge on any atom is -0.455 e. The lowest BCUT2D eigenvalue weighted by molar-refractivity contribution is 0.0767. The molecule has 1 amide bonds. The summed E-state index contributed by atoms with van der Waals surface area (Å²) in [6.45, 7) is 1.79. The molecule has 0 aliphatic rings. The summed E-state index contributed by atoms with van der Waals surface area (Å²) >= 11 is 0. The van der Waals surface area contributed by atoms with Crippen LogP contribution in [0.25, 0.3) is 22.3 Å². The lowest BCUT2D eigenvalue weighted by atomic mass is 10.0. The summed E-state index contributed by atoms with van der Waals surface area (Å²) in [5, 5.41) is 9.43. The molecule has 5 nitrogen and oxygen atoms in total. The second kappa shape index (κ2) is 6.91. The van der Waals surface area contributed by atoms with Crippen molar-refractivity contribution in [3.05, 3.63) is 69.9 Å². The molecule has 3 aromatic rings. The molecular weight excluding hydrogens is 318 g/mol. The van der Waals surface area contributed by atoms with Crippen molar-refractivity contribution in [2.24, 2.45) is 0 Å². The molecule has 0 atom stereocenters. The van der Waals surface area contributed by atoms with E-state index >= 15 is 0 Å². The van der Waals surface area contributed by atoms with Gasteiger partial charge in [0.1, 0.15) is 5.76 Å². The summed E-state index contributed by atoms with van der Waals surface area (Å²) in [5.41, 5.74) is 1.71. The van der Waals surface area contributed by atoms with Gasteiger partial charge in [-0.2, -0.15) is 0 Å². The zero-order chi connectivity index (χ0) is 18.0. The fourth-order valence-electron chi connectivity index (χ4n) is 2.80. The third-order valence-corrected chi connectivity index (χ3v) is 4.19. The van der Waals surface area contributed by atoms with Crippen LogP contribution < -0.4 is 5.43 Å². The van der Waals surface area contributed by atoms with Crippen molar-refractivity contribution in [3.8, 4) is 11.3 Å². The van der Waals surface area contributed by atoms with E-state index < -0.39 is 0 Å². The monoisotopic (exact) mass is 337 g/mol. The number of likely N-dealkylation sites (N-methyl/N-ethyl adjacent to an activating group) is 1. The van der Waals surface area contributed by atoms with Crippen LogP contribution in [0.3, 0.4) is 0 Å². The minimum absolute atomic E-state index is 0.134. The molecule has 5 heteroatoms. The largest absolute Gasteiger partial charge is 0.455 e. The van der Waals surface area contributed by atoms with E-state index in [0.717, 1.165) is 5.56 Å². The van der Waals surface area contributed by atoms with E-state index in [0.29, 0.717) is 22.3 Å². The minimum atomic E-state index is -0.300. The lowest BCUT2D eigenvalue weighted by Crippen LogP contribution is -2.29. The van der Waals surface area contributed by atoms with Crippen LogP contribution in [0, 0.1) is 6.92 Å². The lowest BCUT2D eigenvalue weighted by Gasteiger charge is -2.17. The van der Waals surface area contributed by atoms with Crippen molar-refractivity contribution in [2.45, 2.75) is 6.92 Å². The van der Waals surface area contributed by atoms with E-state index in [-0.39, 0.29) is 30.1 Å². The van der Waals surface area contributed by atoms with E-state index in [1.165, 1.54) is 4.90 Å². The Labute approximate surface area is 145 Å². The summed E-state index contributed by atoms with van der Waals surface area (Å²) < 4.78 is 6.03. The zero-order valence-corrected chi connectivity index (χ0v) is 14.2. The number of fused-ring (bicyclic) bond motifs is 1. The Morgan fingerprint density at radius 3 is 2.52 bits per heavy atom. The molecule has 0 aliphatic carbocycles. The summed E-state index contributed by atoms with van der Waals surface area (Å²) in [4.78, 5) is 26.8. The number of amides is 1. The van der Waals surface area contributed by atoms with Gasteiger partial charge in [0.15, 0.2) is 11.0 Å². The zero-order valence-electron chi connectivity index (χ0n) is 14.2. The highest BCUT2D eigenvalue weighted by Gasteiger charge is 2.20. The standard InChI is InChI=1S/C20H19NO4/c1-13-17(23)15-9-6-10-16(20(24)21(2)11-12-22)19(15)25-18(13)14-7-4-3-5-8-14/h3-10,22H,11-12H2,1-2H3. The van der Waals surface area contributed by atoms with Crippen molar-refractivity contribution < 1.29 is 14.3 Å². The van der Waals surface area contributed by atoms with Gasteiger partial charge in [-0.25, -0.2) is 0 Å². The van der Waals surface area contributed by atoms with Crippen LogP contribution in [0.5, 0.6) is 0 Å². The van der Waals surface area contributed by atoms with Crippen molar-refractivity contribution in [1.82, 2.24) is 4.90 Å². The number of nitrogens with zero attached hydrogens (tertiary/aromatic N) is 1. The Kier molecular flexibility index (Phi) is 4.67. The molecule has 3 rings (SSSR count). The molecule has 0 spiro atoms. The first-order valence-corrected chi connectivity index (χ1v) is 8.02. The number of carbonyl (C=O) groups is 1. The van der Waals surface area contributed by atoms with Gasteiger partial charge in [0.2, 0.25) is 0 Å². The second-order valence-corrected chi connectivity index (χ2v) is 5.88. The predicted molar refractivity (Wildman–Crippen MR) is 96.7 cm³/mol. The molecule has 0 bridgehead atoms. The van der Waals surface area contributed by atoms with Gasteiger partial charge in [-0.05, 0) is 19.1 Å². The number of hydrogen-bond donors (Lipinski definition) is 1. The van der Waals surface area contributed by atoms with Gasteiger partial charge in [-0.1, -0.05) is 36.4 Å². The number of rotatable bonds is 4. The first kappa shape index (κ1) is 16.9. The summed E-state index contributed by atoms with van der Waals surface area (Å²) in [5.74, 6) is 0.161. The summed E-state index contributed by atoms with van der Waals surface area (Å²) in [7, 11) is 1.60. The molecule has 0 radical (unpaired) electrons. The smallest absolute Gasteiger partial charge is 0.257 e. The molecule has 0 aliphatic heterocycles. The molecule has 1 N–H and O–H groups in total. The second-order valence-electron chi connectivity index (χ2n) is 5.88. The predicted octanol–water partition coefficient (Wildman–Crippen LogP) is 2.83. The van der Waals surface area contributed by atoms with Crippen molar-refractivity contribution >= 4 is 16.9 Å². The number of hydrogen-bond acceptors (Lipinski definition) is 4. The number of carbonyl (C=O) groups excluding carboxylic acids is 1. The Morgan fingerprint density at radius 2 is 1.84 bits per heavy atom. The molecule has 1 aromatic heterocycles. The maximum atomic E-state index is 12.8. The number of benzene rings is 2. The van der Waals surface area contributed by atoms with Gasteiger partial charge in [-0.3, -0.25) is 9.59 Å². The van der Waals surface area contributed by atoms with E-state index in [2.05, 4.69) is 0 Å². The van der Waals surface area contributed by atoms with Crippen LogP contribution in [0.15, 0.2) is 57.7 Å². The molecule has 2 aromatic carbocycles. The first-order chi connectivity index (χ1) is 12.0. The average molecular weight is 337 g/mol. The van der Waals surface area contributed by atoms with E-state index in [1.54, 1.807) is 32.2 Å². The van der Waals surface area contributed by atoms with Crippen molar-refractivity contribution in [3.63, 3.8) is 0 Å². The highest BCUT2D eigenvalue weighted by atomic mass is 16.3. The topological polar surface area (TPSA) is 70.8 Å². The SMILES string of the molecule is Cc1c(-c2ccccc2)oc2c(C(=O)N(C)CCO)cccc2c1=O. The maximum absolute atomic E-state index is 12.8. The van der Waals surface area contributed by atoms with Gasteiger partial charge in [0.25, 0.3) is 5.91 Å².